The quantitative estimate of drug-likeness (QED) is 0.610. The zero-order valence-electron chi connectivity index (χ0n) is 9.96. The van der Waals surface area contributed by atoms with Crippen LogP contribution in [0.4, 0.5) is 0 Å². The molecule has 1 aliphatic heterocycles. The second-order valence-electron chi connectivity index (χ2n) is 4.71. The normalized spacial score (nSPS) is 23.6. The summed E-state index contributed by atoms with van der Waals surface area (Å²) < 4.78 is 5.84. The monoisotopic (exact) mass is 199 g/mol. The average molecular weight is 199 g/mol. The lowest BCUT2D eigenvalue weighted by Gasteiger charge is -2.14. The first-order valence-corrected chi connectivity index (χ1v) is 6.06. The van der Waals surface area contributed by atoms with E-state index >= 15 is 0 Å². The summed E-state index contributed by atoms with van der Waals surface area (Å²) in [5.74, 6) is 0.814. The molecule has 0 amide bonds. The Morgan fingerprint density at radius 2 is 2.21 bits per heavy atom. The molecule has 0 radical (unpaired) electrons. The average Bonchev–Trinajstić information content (AvgIpc) is 2.60. The number of rotatable bonds is 6. The van der Waals surface area contributed by atoms with Crippen LogP contribution in [-0.2, 0) is 4.74 Å². The van der Waals surface area contributed by atoms with Crippen LogP contribution in [0.1, 0.15) is 40.0 Å². The predicted octanol–water partition coefficient (Wildman–Crippen LogP) is 2.53. The fourth-order valence-electron chi connectivity index (χ4n) is 1.96. The van der Waals surface area contributed by atoms with Crippen LogP contribution < -0.4 is 0 Å². The van der Waals surface area contributed by atoms with Gasteiger partial charge in [-0.3, -0.25) is 0 Å². The summed E-state index contributed by atoms with van der Waals surface area (Å²) in [6.45, 7) is 11.3. The SMILES string of the molecule is CCN1CC[C@H](OCCCC(C)C)C1. The number of likely N-dealkylation sites (N-methyl/N-ethyl adjacent to an activating group) is 1. The van der Waals surface area contributed by atoms with Crippen molar-refractivity contribution in [3.63, 3.8) is 0 Å². The zero-order chi connectivity index (χ0) is 10.4. The lowest BCUT2D eigenvalue weighted by atomic mass is 10.1. The molecule has 0 N–H and O–H groups in total. The van der Waals surface area contributed by atoms with E-state index in [1.807, 2.05) is 0 Å². The molecule has 1 rings (SSSR count). The maximum absolute atomic E-state index is 5.84. The molecule has 1 atom stereocenters. The maximum Gasteiger partial charge on any atom is 0.0714 e. The molecule has 84 valence electrons. The third-order valence-electron chi connectivity index (χ3n) is 2.96. The Morgan fingerprint density at radius 1 is 1.43 bits per heavy atom. The van der Waals surface area contributed by atoms with Crippen molar-refractivity contribution in [2.75, 3.05) is 26.2 Å². The lowest BCUT2D eigenvalue weighted by Crippen LogP contribution is -2.23. The first kappa shape index (κ1) is 12.0. The van der Waals surface area contributed by atoms with E-state index in [0.29, 0.717) is 6.10 Å². The van der Waals surface area contributed by atoms with Crippen molar-refractivity contribution in [1.82, 2.24) is 4.90 Å². The van der Waals surface area contributed by atoms with E-state index in [0.717, 1.165) is 19.1 Å². The van der Waals surface area contributed by atoms with Crippen LogP contribution in [0, 0.1) is 5.92 Å². The van der Waals surface area contributed by atoms with Crippen LogP contribution in [0.2, 0.25) is 0 Å². The van der Waals surface area contributed by atoms with Crippen LogP contribution in [0.25, 0.3) is 0 Å². The Balaban J connectivity index is 1.97. The molecule has 0 bridgehead atoms. The largest absolute Gasteiger partial charge is 0.377 e. The highest BCUT2D eigenvalue weighted by atomic mass is 16.5. The predicted molar refractivity (Wildman–Crippen MR) is 60.5 cm³/mol. The molecular formula is C12H25NO. The molecule has 1 heterocycles. The minimum Gasteiger partial charge on any atom is -0.377 e. The third-order valence-corrected chi connectivity index (χ3v) is 2.96. The highest BCUT2D eigenvalue weighted by Crippen LogP contribution is 2.13. The summed E-state index contributed by atoms with van der Waals surface area (Å²) in [7, 11) is 0. The lowest BCUT2D eigenvalue weighted by molar-refractivity contribution is 0.0556. The Bertz CT molecular complexity index is 147. The molecule has 1 saturated heterocycles. The number of ether oxygens (including phenoxy) is 1. The first-order chi connectivity index (χ1) is 6.72. The van der Waals surface area contributed by atoms with Gasteiger partial charge in [-0.2, -0.15) is 0 Å². The van der Waals surface area contributed by atoms with Crippen LogP contribution in [0.3, 0.4) is 0 Å². The topological polar surface area (TPSA) is 12.5 Å². The Hall–Kier alpha value is -0.0800. The molecule has 0 aromatic rings. The molecule has 0 spiro atoms. The third kappa shape index (κ3) is 4.43. The van der Waals surface area contributed by atoms with Gasteiger partial charge in [-0.15, -0.1) is 0 Å². The van der Waals surface area contributed by atoms with E-state index in [1.54, 1.807) is 0 Å². The van der Waals surface area contributed by atoms with Crippen molar-refractivity contribution in [3.05, 3.63) is 0 Å². The molecule has 1 aliphatic rings. The van der Waals surface area contributed by atoms with E-state index in [4.69, 9.17) is 4.74 Å². The van der Waals surface area contributed by atoms with Crippen molar-refractivity contribution >= 4 is 0 Å². The molecule has 0 saturated carbocycles. The second kappa shape index (κ2) is 6.41. The van der Waals surface area contributed by atoms with E-state index < -0.39 is 0 Å². The summed E-state index contributed by atoms with van der Waals surface area (Å²) >= 11 is 0. The van der Waals surface area contributed by atoms with Crippen molar-refractivity contribution in [3.8, 4) is 0 Å². The number of hydrogen-bond acceptors (Lipinski definition) is 2. The molecule has 14 heavy (non-hydrogen) atoms. The molecular weight excluding hydrogens is 174 g/mol. The number of nitrogens with zero attached hydrogens (tertiary/aromatic N) is 1. The maximum atomic E-state index is 5.84. The van der Waals surface area contributed by atoms with Crippen molar-refractivity contribution in [2.45, 2.75) is 46.1 Å². The van der Waals surface area contributed by atoms with Gasteiger partial charge in [0.2, 0.25) is 0 Å². The summed E-state index contributed by atoms with van der Waals surface area (Å²) in [6, 6.07) is 0. The standard InChI is InChI=1S/C12H25NO/c1-4-13-8-7-12(10-13)14-9-5-6-11(2)3/h11-12H,4-10H2,1-3H3/t12-/m0/s1. The zero-order valence-corrected chi connectivity index (χ0v) is 9.96. The highest BCUT2D eigenvalue weighted by molar-refractivity contribution is 4.74. The summed E-state index contributed by atoms with van der Waals surface area (Å²) in [5.41, 5.74) is 0. The minimum absolute atomic E-state index is 0.516. The van der Waals surface area contributed by atoms with Gasteiger partial charge >= 0.3 is 0 Å². The molecule has 2 nitrogen and oxygen atoms in total. The van der Waals surface area contributed by atoms with E-state index in [1.165, 1.54) is 32.4 Å². The van der Waals surface area contributed by atoms with Gasteiger partial charge in [0.05, 0.1) is 6.10 Å². The number of likely N-dealkylation sites (tertiary alicyclic amines) is 1. The smallest absolute Gasteiger partial charge is 0.0714 e. The van der Waals surface area contributed by atoms with Crippen molar-refractivity contribution < 1.29 is 4.74 Å². The highest BCUT2D eigenvalue weighted by Gasteiger charge is 2.20. The Labute approximate surface area is 88.6 Å². The molecule has 0 aliphatic carbocycles. The second-order valence-corrected chi connectivity index (χ2v) is 4.71. The van der Waals surface area contributed by atoms with Gasteiger partial charge in [0, 0.05) is 19.7 Å². The summed E-state index contributed by atoms with van der Waals surface area (Å²) in [6.07, 6.45) is 4.27. The van der Waals surface area contributed by atoms with Crippen LogP contribution in [0.15, 0.2) is 0 Å². The fourth-order valence-corrected chi connectivity index (χ4v) is 1.96. The van der Waals surface area contributed by atoms with E-state index in [2.05, 4.69) is 25.7 Å². The van der Waals surface area contributed by atoms with E-state index in [-0.39, 0.29) is 0 Å². The fraction of sp³-hybridized carbons (Fsp3) is 1.00. The van der Waals surface area contributed by atoms with Crippen LogP contribution in [0.5, 0.6) is 0 Å². The molecule has 0 aromatic heterocycles. The van der Waals surface area contributed by atoms with Crippen LogP contribution in [-0.4, -0.2) is 37.2 Å². The Kier molecular flexibility index (Phi) is 5.49. The number of hydrogen-bond donors (Lipinski definition) is 0. The van der Waals surface area contributed by atoms with E-state index in [9.17, 15) is 0 Å². The first-order valence-electron chi connectivity index (χ1n) is 6.06. The van der Waals surface area contributed by atoms with Gasteiger partial charge in [0.15, 0.2) is 0 Å². The molecule has 2 heteroatoms. The van der Waals surface area contributed by atoms with Crippen molar-refractivity contribution in [2.24, 2.45) is 5.92 Å². The van der Waals surface area contributed by atoms with Crippen LogP contribution >= 0.6 is 0 Å². The Morgan fingerprint density at radius 3 is 2.79 bits per heavy atom. The van der Waals surface area contributed by atoms with Gasteiger partial charge in [0.25, 0.3) is 0 Å². The molecule has 1 fully saturated rings. The van der Waals surface area contributed by atoms with Gasteiger partial charge in [-0.1, -0.05) is 20.8 Å². The minimum atomic E-state index is 0.516. The summed E-state index contributed by atoms with van der Waals surface area (Å²) in [4.78, 5) is 2.47. The van der Waals surface area contributed by atoms with Gasteiger partial charge in [0.1, 0.15) is 0 Å². The summed E-state index contributed by atoms with van der Waals surface area (Å²) in [5, 5.41) is 0. The molecule has 0 aromatic carbocycles. The van der Waals surface area contributed by atoms with Gasteiger partial charge in [-0.25, -0.2) is 0 Å². The van der Waals surface area contributed by atoms with Gasteiger partial charge in [-0.05, 0) is 31.7 Å². The molecule has 0 unspecified atom stereocenters. The van der Waals surface area contributed by atoms with Crippen molar-refractivity contribution in [1.29, 1.82) is 0 Å². The van der Waals surface area contributed by atoms with Gasteiger partial charge < -0.3 is 9.64 Å².